The van der Waals surface area contributed by atoms with Crippen LogP contribution < -0.4 is 10.1 Å². The lowest BCUT2D eigenvalue weighted by molar-refractivity contribution is 0.146. The number of rotatable bonds is 8. The van der Waals surface area contributed by atoms with Crippen LogP contribution >= 0.6 is 0 Å². The summed E-state index contributed by atoms with van der Waals surface area (Å²) < 4.78 is 6.22. The third-order valence-corrected chi connectivity index (χ3v) is 3.97. The van der Waals surface area contributed by atoms with Gasteiger partial charge in [0.2, 0.25) is 0 Å². The molecule has 0 amide bonds. The van der Waals surface area contributed by atoms with E-state index in [-0.39, 0.29) is 6.10 Å². The summed E-state index contributed by atoms with van der Waals surface area (Å²) >= 11 is 0. The zero-order chi connectivity index (χ0) is 15.1. The predicted molar refractivity (Wildman–Crippen MR) is 87.7 cm³/mol. The molecule has 0 aromatic heterocycles. The second-order valence-corrected chi connectivity index (χ2v) is 5.92. The highest BCUT2D eigenvalue weighted by Crippen LogP contribution is 2.25. The highest BCUT2D eigenvalue weighted by atomic mass is 16.5. The van der Waals surface area contributed by atoms with Crippen molar-refractivity contribution in [3.05, 3.63) is 29.3 Å². The number of aryl methyl sites for hydroxylation is 1. The summed E-state index contributed by atoms with van der Waals surface area (Å²) in [6, 6.07) is 6.92. The number of likely N-dealkylation sites (N-methyl/N-ethyl adjacent to an activating group) is 1. The molecule has 2 nitrogen and oxygen atoms in total. The van der Waals surface area contributed by atoms with Crippen LogP contribution in [0.5, 0.6) is 5.75 Å². The molecular weight excluding hydrogens is 246 g/mol. The highest BCUT2D eigenvalue weighted by Gasteiger charge is 2.19. The molecule has 2 atom stereocenters. The van der Waals surface area contributed by atoms with Gasteiger partial charge in [-0.1, -0.05) is 40.2 Å². The first-order valence-corrected chi connectivity index (χ1v) is 7.97. The molecule has 2 unspecified atom stereocenters. The van der Waals surface area contributed by atoms with Gasteiger partial charge in [0, 0.05) is 6.04 Å². The lowest BCUT2D eigenvalue weighted by Crippen LogP contribution is -2.40. The summed E-state index contributed by atoms with van der Waals surface area (Å²) in [7, 11) is 2.03. The fourth-order valence-corrected chi connectivity index (χ4v) is 2.82. The maximum absolute atomic E-state index is 6.22. The third kappa shape index (κ3) is 4.52. The summed E-state index contributed by atoms with van der Waals surface area (Å²) in [5, 5.41) is 3.39. The molecule has 0 radical (unpaired) electrons. The molecule has 0 aliphatic carbocycles. The van der Waals surface area contributed by atoms with Gasteiger partial charge in [-0.3, -0.25) is 0 Å². The van der Waals surface area contributed by atoms with E-state index in [0.29, 0.717) is 12.0 Å². The minimum atomic E-state index is 0.240. The van der Waals surface area contributed by atoms with Gasteiger partial charge in [0.15, 0.2) is 0 Å². The molecule has 0 fully saturated rings. The van der Waals surface area contributed by atoms with E-state index in [1.807, 2.05) is 7.05 Å². The second-order valence-electron chi connectivity index (χ2n) is 5.92. The summed E-state index contributed by atoms with van der Waals surface area (Å²) in [5.74, 6) is 1.56. The van der Waals surface area contributed by atoms with Crippen LogP contribution in [0.15, 0.2) is 18.2 Å². The summed E-state index contributed by atoms with van der Waals surface area (Å²) in [6.07, 6.45) is 3.59. The smallest absolute Gasteiger partial charge is 0.120 e. The van der Waals surface area contributed by atoms with Gasteiger partial charge in [-0.25, -0.2) is 0 Å². The van der Waals surface area contributed by atoms with Crippen LogP contribution in [-0.4, -0.2) is 19.2 Å². The van der Waals surface area contributed by atoms with Crippen LogP contribution in [0, 0.1) is 6.92 Å². The van der Waals surface area contributed by atoms with E-state index < -0.39 is 0 Å². The van der Waals surface area contributed by atoms with Gasteiger partial charge in [0.25, 0.3) is 0 Å². The summed E-state index contributed by atoms with van der Waals surface area (Å²) in [5.41, 5.74) is 2.73. The van der Waals surface area contributed by atoms with Crippen molar-refractivity contribution < 1.29 is 4.74 Å². The Bertz CT molecular complexity index is 400. The van der Waals surface area contributed by atoms with Crippen molar-refractivity contribution in [1.29, 1.82) is 0 Å². The average Bonchev–Trinajstić information content (AvgIpc) is 2.42. The van der Waals surface area contributed by atoms with E-state index >= 15 is 0 Å². The third-order valence-electron chi connectivity index (χ3n) is 3.97. The Morgan fingerprint density at radius 1 is 1.20 bits per heavy atom. The standard InChI is InChI=1S/C18H31NO/c1-7-9-17(19-6)18(8-2)20-15-10-11-16(13(3)4)14(5)12-15/h10-13,17-19H,7-9H2,1-6H3. The van der Waals surface area contributed by atoms with E-state index in [2.05, 4.69) is 58.1 Å². The Balaban J connectivity index is 2.82. The van der Waals surface area contributed by atoms with E-state index in [1.165, 1.54) is 17.5 Å². The van der Waals surface area contributed by atoms with Gasteiger partial charge in [0.1, 0.15) is 11.9 Å². The first-order chi connectivity index (χ1) is 9.53. The summed E-state index contributed by atoms with van der Waals surface area (Å²) in [4.78, 5) is 0. The van der Waals surface area contributed by atoms with Gasteiger partial charge >= 0.3 is 0 Å². The topological polar surface area (TPSA) is 21.3 Å². The lowest BCUT2D eigenvalue weighted by Gasteiger charge is -2.27. The summed E-state index contributed by atoms with van der Waals surface area (Å²) in [6.45, 7) is 11.1. The molecule has 0 saturated heterocycles. The molecule has 0 aliphatic rings. The SMILES string of the molecule is CCCC(NC)C(CC)Oc1ccc(C(C)C)c(C)c1. The van der Waals surface area contributed by atoms with E-state index in [0.717, 1.165) is 18.6 Å². The Hall–Kier alpha value is -1.02. The molecule has 1 N–H and O–H groups in total. The largest absolute Gasteiger partial charge is 0.489 e. The zero-order valence-corrected chi connectivity index (χ0v) is 14.0. The van der Waals surface area contributed by atoms with Crippen molar-refractivity contribution in [2.45, 2.75) is 71.9 Å². The van der Waals surface area contributed by atoms with Crippen LogP contribution in [0.1, 0.15) is 64.0 Å². The fourth-order valence-electron chi connectivity index (χ4n) is 2.82. The predicted octanol–water partition coefficient (Wildman–Crippen LogP) is 4.66. The Morgan fingerprint density at radius 2 is 1.90 bits per heavy atom. The van der Waals surface area contributed by atoms with Crippen LogP contribution in [-0.2, 0) is 0 Å². The molecule has 1 aromatic carbocycles. The average molecular weight is 277 g/mol. The molecule has 0 heterocycles. The van der Waals surface area contributed by atoms with Gasteiger partial charge in [-0.15, -0.1) is 0 Å². The Kier molecular flexibility index (Phi) is 7.08. The fraction of sp³-hybridized carbons (Fsp3) is 0.667. The molecule has 20 heavy (non-hydrogen) atoms. The Labute approximate surface area is 124 Å². The van der Waals surface area contributed by atoms with Crippen LogP contribution in [0.4, 0.5) is 0 Å². The van der Waals surface area contributed by atoms with Crippen molar-refractivity contribution in [3.8, 4) is 5.75 Å². The first kappa shape index (κ1) is 17.0. The van der Waals surface area contributed by atoms with Gasteiger partial charge in [-0.2, -0.15) is 0 Å². The Morgan fingerprint density at radius 3 is 2.35 bits per heavy atom. The number of hydrogen-bond donors (Lipinski definition) is 1. The van der Waals surface area contributed by atoms with Crippen LogP contribution in [0.25, 0.3) is 0 Å². The molecular formula is C18H31NO. The molecule has 114 valence electrons. The van der Waals surface area contributed by atoms with Crippen molar-refractivity contribution >= 4 is 0 Å². The second kappa shape index (κ2) is 8.31. The first-order valence-electron chi connectivity index (χ1n) is 7.97. The number of benzene rings is 1. The molecule has 1 aromatic rings. The van der Waals surface area contributed by atoms with Gasteiger partial charge in [-0.05, 0) is 56.0 Å². The molecule has 0 aliphatic heterocycles. The van der Waals surface area contributed by atoms with Crippen molar-refractivity contribution in [3.63, 3.8) is 0 Å². The molecule has 2 heteroatoms. The molecule has 0 bridgehead atoms. The minimum absolute atomic E-state index is 0.240. The van der Waals surface area contributed by atoms with E-state index in [1.54, 1.807) is 0 Å². The van der Waals surface area contributed by atoms with E-state index in [4.69, 9.17) is 4.74 Å². The van der Waals surface area contributed by atoms with E-state index in [9.17, 15) is 0 Å². The number of hydrogen-bond acceptors (Lipinski definition) is 2. The van der Waals surface area contributed by atoms with Crippen molar-refractivity contribution in [2.24, 2.45) is 0 Å². The molecule has 1 rings (SSSR count). The number of ether oxygens (including phenoxy) is 1. The zero-order valence-electron chi connectivity index (χ0n) is 14.0. The van der Waals surface area contributed by atoms with Crippen LogP contribution in [0.2, 0.25) is 0 Å². The molecule has 0 saturated carbocycles. The highest BCUT2D eigenvalue weighted by molar-refractivity contribution is 5.36. The monoisotopic (exact) mass is 277 g/mol. The normalized spacial score (nSPS) is 14.3. The maximum atomic E-state index is 6.22. The minimum Gasteiger partial charge on any atom is -0.489 e. The van der Waals surface area contributed by atoms with Crippen LogP contribution in [0.3, 0.4) is 0 Å². The van der Waals surface area contributed by atoms with Gasteiger partial charge < -0.3 is 10.1 Å². The molecule has 0 spiro atoms. The van der Waals surface area contributed by atoms with Gasteiger partial charge in [0.05, 0.1) is 0 Å². The van der Waals surface area contributed by atoms with Crippen molar-refractivity contribution in [1.82, 2.24) is 5.32 Å². The lowest BCUT2D eigenvalue weighted by atomic mass is 9.98. The quantitative estimate of drug-likeness (QED) is 0.746. The van der Waals surface area contributed by atoms with Crippen molar-refractivity contribution in [2.75, 3.05) is 7.05 Å². The maximum Gasteiger partial charge on any atom is 0.120 e. The number of nitrogens with one attached hydrogen (secondary N) is 1.